The zero-order valence-corrected chi connectivity index (χ0v) is 16.3. The molecule has 0 atom stereocenters. The van der Waals surface area contributed by atoms with Gasteiger partial charge in [-0.2, -0.15) is 0 Å². The van der Waals surface area contributed by atoms with Crippen LogP contribution in [0.1, 0.15) is 16.7 Å². The first kappa shape index (κ1) is 20.7. The van der Waals surface area contributed by atoms with E-state index < -0.39 is 0 Å². The Labute approximate surface area is 174 Å². The average molecular weight is 402 g/mol. The Balaban J connectivity index is 1.39. The predicted octanol–water partition coefficient (Wildman–Crippen LogP) is 2.50. The van der Waals surface area contributed by atoms with Crippen LogP contribution in [0.15, 0.2) is 79.4 Å². The molecular weight excluding hydrogens is 380 g/mol. The Hall–Kier alpha value is -4.00. The standard InChI is InChI=1S/C23H22N4O3/c28-22(26-15-19-3-1-11-24-13-19)10-7-18-5-8-21(9-6-18)30-17-23(29)27-16-20-4-2-12-25-14-20/h1-14H,15-17H2,(H,26,28)(H,27,29). The zero-order chi connectivity index (χ0) is 21.0. The smallest absolute Gasteiger partial charge is 0.258 e. The Morgan fingerprint density at radius 1 is 0.867 bits per heavy atom. The molecule has 0 aliphatic carbocycles. The van der Waals surface area contributed by atoms with E-state index in [1.165, 1.54) is 6.08 Å². The summed E-state index contributed by atoms with van der Waals surface area (Å²) in [6.07, 6.45) is 9.96. The van der Waals surface area contributed by atoms with Gasteiger partial charge in [-0.1, -0.05) is 24.3 Å². The van der Waals surface area contributed by atoms with Crippen molar-refractivity contribution in [3.05, 3.63) is 96.1 Å². The van der Waals surface area contributed by atoms with Gasteiger partial charge < -0.3 is 15.4 Å². The fourth-order valence-corrected chi connectivity index (χ4v) is 2.50. The van der Waals surface area contributed by atoms with Gasteiger partial charge in [0, 0.05) is 44.0 Å². The van der Waals surface area contributed by atoms with Crippen LogP contribution in [0.2, 0.25) is 0 Å². The van der Waals surface area contributed by atoms with Crippen molar-refractivity contribution >= 4 is 17.9 Å². The molecule has 30 heavy (non-hydrogen) atoms. The van der Waals surface area contributed by atoms with Crippen LogP contribution in [0.3, 0.4) is 0 Å². The first-order chi connectivity index (χ1) is 14.7. The minimum atomic E-state index is -0.215. The van der Waals surface area contributed by atoms with Crippen LogP contribution < -0.4 is 15.4 Å². The molecule has 0 radical (unpaired) electrons. The minimum absolute atomic E-state index is 0.0772. The summed E-state index contributed by atoms with van der Waals surface area (Å²) in [7, 11) is 0. The summed E-state index contributed by atoms with van der Waals surface area (Å²) >= 11 is 0. The van der Waals surface area contributed by atoms with Crippen LogP contribution in [0.5, 0.6) is 5.75 Å². The third-order valence-electron chi connectivity index (χ3n) is 4.08. The average Bonchev–Trinajstić information content (AvgIpc) is 2.80. The van der Waals surface area contributed by atoms with Gasteiger partial charge in [-0.05, 0) is 47.0 Å². The molecule has 0 bridgehead atoms. The molecule has 2 heterocycles. The number of pyridine rings is 2. The molecule has 0 fully saturated rings. The Morgan fingerprint density at radius 2 is 1.50 bits per heavy atom. The van der Waals surface area contributed by atoms with Crippen molar-refractivity contribution < 1.29 is 14.3 Å². The van der Waals surface area contributed by atoms with Gasteiger partial charge in [0.1, 0.15) is 5.75 Å². The number of hydrogen-bond acceptors (Lipinski definition) is 5. The normalized spacial score (nSPS) is 10.5. The Kier molecular flexibility index (Phi) is 7.68. The van der Waals surface area contributed by atoms with E-state index in [0.29, 0.717) is 18.8 Å². The van der Waals surface area contributed by atoms with Crippen molar-refractivity contribution in [1.82, 2.24) is 20.6 Å². The molecule has 1 aromatic carbocycles. The molecule has 0 saturated heterocycles. The quantitative estimate of drug-likeness (QED) is 0.537. The number of carbonyl (C=O) groups excluding carboxylic acids is 2. The van der Waals surface area contributed by atoms with Gasteiger partial charge in [0.05, 0.1) is 0 Å². The van der Waals surface area contributed by atoms with Crippen molar-refractivity contribution in [2.75, 3.05) is 6.61 Å². The summed E-state index contributed by atoms with van der Waals surface area (Å²) < 4.78 is 5.49. The lowest BCUT2D eigenvalue weighted by Crippen LogP contribution is -2.28. The number of aromatic nitrogens is 2. The maximum absolute atomic E-state index is 11.9. The molecule has 2 aromatic heterocycles. The van der Waals surface area contributed by atoms with Crippen molar-refractivity contribution in [1.29, 1.82) is 0 Å². The van der Waals surface area contributed by atoms with Gasteiger partial charge in [0.15, 0.2) is 6.61 Å². The molecule has 2 amide bonds. The van der Waals surface area contributed by atoms with Gasteiger partial charge in [0.25, 0.3) is 5.91 Å². The third-order valence-corrected chi connectivity index (χ3v) is 4.08. The highest BCUT2D eigenvalue weighted by Crippen LogP contribution is 2.13. The molecule has 152 valence electrons. The van der Waals surface area contributed by atoms with Crippen LogP contribution in [-0.4, -0.2) is 28.4 Å². The van der Waals surface area contributed by atoms with Gasteiger partial charge in [-0.15, -0.1) is 0 Å². The van der Waals surface area contributed by atoms with Gasteiger partial charge in [0.2, 0.25) is 5.91 Å². The molecule has 7 heteroatoms. The molecule has 2 N–H and O–H groups in total. The van der Waals surface area contributed by atoms with E-state index >= 15 is 0 Å². The summed E-state index contributed by atoms with van der Waals surface area (Å²) in [6.45, 7) is 0.751. The maximum atomic E-state index is 11.9. The number of benzene rings is 1. The number of nitrogens with zero attached hydrogens (tertiary/aromatic N) is 2. The monoisotopic (exact) mass is 402 g/mol. The fraction of sp³-hybridized carbons (Fsp3) is 0.130. The number of rotatable bonds is 9. The van der Waals surface area contributed by atoms with Crippen LogP contribution in [0, 0.1) is 0 Å². The first-order valence-corrected chi connectivity index (χ1v) is 9.42. The molecule has 7 nitrogen and oxygen atoms in total. The topological polar surface area (TPSA) is 93.2 Å². The summed E-state index contributed by atoms with van der Waals surface area (Å²) in [6, 6.07) is 14.6. The van der Waals surface area contributed by atoms with E-state index in [4.69, 9.17) is 4.74 Å². The highest BCUT2D eigenvalue weighted by Gasteiger charge is 2.03. The van der Waals surface area contributed by atoms with E-state index in [0.717, 1.165) is 16.7 Å². The van der Waals surface area contributed by atoms with Crippen molar-refractivity contribution in [3.63, 3.8) is 0 Å². The predicted molar refractivity (Wildman–Crippen MR) is 113 cm³/mol. The second-order valence-corrected chi connectivity index (χ2v) is 6.41. The minimum Gasteiger partial charge on any atom is -0.484 e. The lowest BCUT2D eigenvalue weighted by molar-refractivity contribution is -0.123. The number of hydrogen-bond donors (Lipinski definition) is 2. The van der Waals surface area contributed by atoms with E-state index in [1.807, 2.05) is 36.4 Å². The van der Waals surface area contributed by atoms with E-state index in [9.17, 15) is 9.59 Å². The summed E-state index contributed by atoms with van der Waals surface area (Å²) in [5.41, 5.74) is 2.71. The van der Waals surface area contributed by atoms with Crippen LogP contribution in [0.25, 0.3) is 6.08 Å². The number of nitrogens with one attached hydrogen (secondary N) is 2. The van der Waals surface area contributed by atoms with Crippen LogP contribution in [0.4, 0.5) is 0 Å². The van der Waals surface area contributed by atoms with E-state index in [-0.39, 0.29) is 18.4 Å². The maximum Gasteiger partial charge on any atom is 0.258 e. The molecule has 0 aliphatic rings. The molecule has 0 aliphatic heterocycles. The van der Waals surface area contributed by atoms with Crippen LogP contribution >= 0.6 is 0 Å². The van der Waals surface area contributed by atoms with Crippen molar-refractivity contribution in [2.24, 2.45) is 0 Å². The van der Waals surface area contributed by atoms with Crippen molar-refractivity contribution in [2.45, 2.75) is 13.1 Å². The highest BCUT2D eigenvalue weighted by molar-refractivity contribution is 5.91. The largest absolute Gasteiger partial charge is 0.484 e. The third kappa shape index (κ3) is 7.20. The molecule has 0 spiro atoms. The Bertz CT molecular complexity index is 974. The zero-order valence-electron chi connectivity index (χ0n) is 16.3. The second-order valence-electron chi connectivity index (χ2n) is 6.41. The molecule has 3 rings (SSSR count). The second kappa shape index (κ2) is 11.1. The molecular formula is C23H22N4O3. The fourth-order valence-electron chi connectivity index (χ4n) is 2.50. The molecule has 0 unspecified atom stereocenters. The van der Waals surface area contributed by atoms with Crippen LogP contribution in [-0.2, 0) is 22.7 Å². The van der Waals surface area contributed by atoms with Gasteiger partial charge in [-0.3, -0.25) is 19.6 Å². The summed E-state index contributed by atoms with van der Waals surface area (Å²) in [4.78, 5) is 31.8. The summed E-state index contributed by atoms with van der Waals surface area (Å²) in [5, 5.41) is 5.57. The number of amides is 2. The van der Waals surface area contributed by atoms with Gasteiger partial charge in [-0.25, -0.2) is 0 Å². The highest BCUT2D eigenvalue weighted by atomic mass is 16.5. The summed E-state index contributed by atoms with van der Waals surface area (Å²) in [5.74, 6) is 0.169. The lowest BCUT2D eigenvalue weighted by atomic mass is 10.2. The van der Waals surface area contributed by atoms with Gasteiger partial charge >= 0.3 is 0 Å². The molecule has 0 saturated carbocycles. The number of carbonyl (C=O) groups is 2. The lowest BCUT2D eigenvalue weighted by Gasteiger charge is -2.07. The molecule has 3 aromatic rings. The van der Waals surface area contributed by atoms with E-state index in [2.05, 4.69) is 20.6 Å². The first-order valence-electron chi connectivity index (χ1n) is 9.42. The number of ether oxygens (including phenoxy) is 1. The van der Waals surface area contributed by atoms with E-state index in [1.54, 1.807) is 43.0 Å². The van der Waals surface area contributed by atoms with Crippen molar-refractivity contribution in [3.8, 4) is 5.75 Å². The Morgan fingerprint density at radius 3 is 2.10 bits per heavy atom. The SMILES string of the molecule is O=C(C=Cc1ccc(OCC(=O)NCc2cccnc2)cc1)NCc1cccnc1.